The molecule has 2 heterocycles. The molecule has 3 aliphatic rings. The number of allylic oxidation sites excluding steroid dienone is 7. The molecule has 1 unspecified atom stereocenters. The molecule has 0 spiro atoms. The van der Waals surface area contributed by atoms with Crippen LogP contribution < -0.4 is 15.4 Å². The molecule has 67 heavy (non-hydrogen) atoms. The minimum absolute atomic E-state index is 0.0422. The zero-order valence-electron chi connectivity index (χ0n) is 41.4. The van der Waals surface area contributed by atoms with Gasteiger partial charge in [-0.25, -0.2) is 0 Å². The number of nitrogens with two attached hydrogens (primary N) is 1. The summed E-state index contributed by atoms with van der Waals surface area (Å²) < 4.78 is 13.6. The number of nitrogens with zero attached hydrogens (tertiary/aromatic N) is 2. The lowest BCUT2D eigenvalue weighted by Gasteiger charge is -2.37. The second kappa shape index (κ2) is 18.8. The zero-order valence-corrected chi connectivity index (χ0v) is 42.2. The van der Waals surface area contributed by atoms with Crippen molar-refractivity contribution < 1.29 is 23.6 Å². The SMILES string of the molecule is CCN1/C(=C/C=C2\CC(C(C)(C)C(=O)OC)CC(/C=C/C3=[N+](CC)c4ccc5cc(OC)ccc5c4C3(C)C)=C2Sc2ccc(C(=O)CCCN)cc2)C(C)(C)c2c1ccc1cc(C)ccc21. The summed E-state index contributed by atoms with van der Waals surface area (Å²) in [4.78, 5) is 31.4. The van der Waals surface area contributed by atoms with E-state index >= 15 is 0 Å². The number of fused-ring (bicyclic) bond motifs is 6. The number of carbonyl (C=O) groups is 2. The number of ether oxygens (including phenoxy) is 2. The Labute approximate surface area is 402 Å². The first kappa shape index (κ1) is 47.8. The minimum atomic E-state index is -0.761. The maximum Gasteiger partial charge on any atom is 0.311 e. The highest BCUT2D eigenvalue weighted by molar-refractivity contribution is 8.03. The molecule has 7 nitrogen and oxygen atoms in total. The molecule has 8 rings (SSSR count). The average molecular weight is 915 g/mol. The van der Waals surface area contributed by atoms with Gasteiger partial charge in [-0.05, 0) is 161 Å². The van der Waals surface area contributed by atoms with Crippen molar-refractivity contribution >= 4 is 62.1 Å². The van der Waals surface area contributed by atoms with Crippen LogP contribution in [0.3, 0.4) is 0 Å². The lowest BCUT2D eigenvalue weighted by Crippen LogP contribution is -2.36. The summed E-state index contributed by atoms with van der Waals surface area (Å²) in [6.07, 6.45) is 11.8. The van der Waals surface area contributed by atoms with Gasteiger partial charge in [0.05, 0.1) is 25.0 Å². The number of rotatable bonds is 14. The second-order valence-corrected chi connectivity index (χ2v) is 21.1. The Morgan fingerprint density at radius 1 is 0.851 bits per heavy atom. The molecule has 0 saturated heterocycles. The van der Waals surface area contributed by atoms with E-state index in [4.69, 9.17) is 15.2 Å². The Morgan fingerprint density at radius 2 is 1.55 bits per heavy atom. The molecule has 0 amide bonds. The number of methoxy groups -OCH3 is 2. The lowest BCUT2D eigenvalue weighted by atomic mass is 9.69. The molecule has 1 atom stereocenters. The second-order valence-electron chi connectivity index (χ2n) is 20.0. The molecule has 5 aromatic carbocycles. The maximum atomic E-state index is 13.7. The van der Waals surface area contributed by atoms with Crippen molar-refractivity contribution in [1.82, 2.24) is 0 Å². The highest BCUT2D eigenvalue weighted by Gasteiger charge is 2.46. The Hall–Kier alpha value is -5.70. The first-order chi connectivity index (χ1) is 32.0. The molecule has 0 fully saturated rings. The van der Waals surface area contributed by atoms with Gasteiger partial charge in [-0.15, -0.1) is 0 Å². The highest BCUT2D eigenvalue weighted by atomic mass is 32.2. The van der Waals surface area contributed by atoms with Crippen molar-refractivity contribution in [3.8, 4) is 5.75 Å². The molecule has 5 aromatic rings. The smallest absolute Gasteiger partial charge is 0.311 e. The van der Waals surface area contributed by atoms with Crippen molar-refractivity contribution in [3.63, 3.8) is 0 Å². The van der Waals surface area contributed by atoms with Crippen LogP contribution in [-0.4, -0.2) is 55.9 Å². The summed E-state index contributed by atoms with van der Waals surface area (Å²) in [5.74, 6) is 0.700. The van der Waals surface area contributed by atoms with Gasteiger partial charge in [0.15, 0.2) is 11.5 Å². The molecule has 1 aliphatic carbocycles. The van der Waals surface area contributed by atoms with Crippen LogP contribution in [0.4, 0.5) is 11.4 Å². The molecule has 8 heteroatoms. The van der Waals surface area contributed by atoms with E-state index < -0.39 is 5.41 Å². The maximum absolute atomic E-state index is 13.7. The Bertz CT molecular complexity index is 2950. The number of thioether (sulfide) groups is 1. The van der Waals surface area contributed by atoms with Crippen LogP contribution in [0.5, 0.6) is 5.75 Å². The van der Waals surface area contributed by atoms with Gasteiger partial charge in [0.2, 0.25) is 5.69 Å². The van der Waals surface area contributed by atoms with E-state index in [1.807, 2.05) is 26.0 Å². The number of benzene rings is 5. The quantitative estimate of drug-likeness (QED) is 0.0675. The normalized spacial score (nSPS) is 19.0. The zero-order chi connectivity index (χ0) is 48.0. The van der Waals surface area contributed by atoms with E-state index in [9.17, 15) is 9.59 Å². The molecule has 348 valence electrons. The summed E-state index contributed by atoms with van der Waals surface area (Å²) in [7, 11) is 3.21. The standard InChI is InChI=1S/C59H68N3O4S/c1-12-61-48-28-19-39-33-37(3)16-26-46(39)53(48)58(6,7)51(61)30-21-41-34-43(57(4,5)56(64)66-11)35-42(55(41)67-45-24-17-38(18-25-45)50(63)15-14-32-60)22-31-52-59(8,9)54-47-27-23-44(65-10)36-40(47)20-29-49(54)62(52)13-2/h16-31,33,36,43H,12-15,32,34-35,60H2,1-11H3/q+1. The predicted molar refractivity (Wildman–Crippen MR) is 279 cm³/mol. The summed E-state index contributed by atoms with van der Waals surface area (Å²) in [5, 5.41) is 4.93. The Balaban J connectivity index is 1.30. The Morgan fingerprint density at radius 3 is 2.24 bits per heavy atom. The van der Waals surface area contributed by atoms with E-state index in [0.29, 0.717) is 37.8 Å². The van der Waals surface area contributed by atoms with Crippen LogP contribution in [0.25, 0.3) is 21.5 Å². The number of carbonyl (C=O) groups excluding carboxylic acids is 2. The summed E-state index contributed by atoms with van der Waals surface area (Å²) in [6, 6.07) is 30.2. The molecule has 0 aromatic heterocycles. The van der Waals surface area contributed by atoms with Crippen molar-refractivity contribution in [2.75, 3.05) is 38.8 Å². The third-order valence-corrected chi connectivity index (χ3v) is 16.1. The van der Waals surface area contributed by atoms with Crippen LogP contribution in [-0.2, 0) is 20.4 Å². The first-order valence-electron chi connectivity index (χ1n) is 24.0. The van der Waals surface area contributed by atoms with Gasteiger partial charge in [0.1, 0.15) is 12.3 Å². The minimum Gasteiger partial charge on any atom is -0.497 e. The number of anilines is 1. The summed E-state index contributed by atoms with van der Waals surface area (Å²) in [6.45, 7) is 22.2. The van der Waals surface area contributed by atoms with Crippen LogP contribution in [0.15, 0.2) is 136 Å². The molecule has 0 bridgehead atoms. The highest BCUT2D eigenvalue weighted by Crippen LogP contribution is 2.53. The van der Waals surface area contributed by atoms with Gasteiger partial charge < -0.3 is 20.1 Å². The van der Waals surface area contributed by atoms with Crippen LogP contribution in [0.2, 0.25) is 0 Å². The molecular formula is C59H68N3O4S+. The van der Waals surface area contributed by atoms with Gasteiger partial charge in [-0.3, -0.25) is 9.59 Å². The van der Waals surface area contributed by atoms with Crippen LogP contribution in [0, 0.1) is 18.3 Å². The largest absolute Gasteiger partial charge is 0.497 e. The number of likely N-dealkylation sites (N-methyl/N-ethyl adjacent to an activating group) is 1. The van der Waals surface area contributed by atoms with Crippen LogP contribution in [0.1, 0.15) is 108 Å². The number of hydrogen-bond acceptors (Lipinski definition) is 7. The molecule has 2 N–H and O–H groups in total. The monoisotopic (exact) mass is 914 g/mol. The molecule has 0 saturated carbocycles. The van der Waals surface area contributed by atoms with Crippen molar-refractivity contribution in [1.29, 1.82) is 0 Å². The molecule has 0 radical (unpaired) electrons. The van der Waals surface area contributed by atoms with E-state index in [-0.39, 0.29) is 28.5 Å². The van der Waals surface area contributed by atoms with Crippen molar-refractivity contribution in [2.24, 2.45) is 17.1 Å². The molecule has 2 aliphatic heterocycles. The van der Waals surface area contributed by atoms with Crippen LogP contribution >= 0.6 is 11.8 Å². The number of aryl methyl sites for hydroxylation is 1. The van der Waals surface area contributed by atoms with E-state index in [0.717, 1.165) is 29.1 Å². The van der Waals surface area contributed by atoms with E-state index in [1.165, 1.54) is 78.8 Å². The number of hydrogen-bond donors (Lipinski definition) is 1. The summed E-state index contributed by atoms with van der Waals surface area (Å²) >= 11 is 1.74. The van der Waals surface area contributed by atoms with Gasteiger partial charge in [-0.2, -0.15) is 4.58 Å². The first-order valence-corrected chi connectivity index (χ1v) is 24.8. The van der Waals surface area contributed by atoms with Gasteiger partial charge in [0.25, 0.3) is 0 Å². The fourth-order valence-electron chi connectivity index (χ4n) is 11.0. The third-order valence-electron chi connectivity index (χ3n) is 14.8. The van der Waals surface area contributed by atoms with Gasteiger partial charge >= 0.3 is 5.97 Å². The molecular weight excluding hydrogens is 847 g/mol. The predicted octanol–water partition coefficient (Wildman–Crippen LogP) is 13.5. The average Bonchev–Trinajstić information content (AvgIpc) is 3.69. The van der Waals surface area contributed by atoms with E-state index in [2.05, 4.69) is 155 Å². The van der Waals surface area contributed by atoms with E-state index in [1.54, 1.807) is 18.9 Å². The topological polar surface area (TPSA) is 84.9 Å². The third kappa shape index (κ3) is 8.61. The fraction of sp³-hybridized carbons (Fsp3) is 0.373. The number of Topliss-reactive ketones (excluding diaryl/α,β-unsaturated/α-hetero) is 1. The summed E-state index contributed by atoms with van der Waals surface area (Å²) in [5.41, 5.74) is 16.3. The number of ketones is 1. The van der Waals surface area contributed by atoms with Crippen molar-refractivity contribution in [2.45, 2.75) is 104 Å². The fourth-order valence-corrected chi connectivity index (χ4v) is 12.1. The van der Waals surface area contributed by atoms with Gasteiger partial charge in [0, 0.05) is 62.8 Å². The van der Waals surface area contributed by atoms with Crippen molar-refractivity contribution in [3.05, 3.63) is 153 Å². The number of esters is 1. The van der Waals surface area contributed by atoms with Gasteiger partial charge in [-0.1, -0.05) is 85.8 Å². The lowest BCUT2D eigenvalue weighted by molar-refractivity contribution is -0.433. The Kier molecular flexibility index (Phi) is 13.4.